The summed E-state index contributed by atoms with van der Waals surface area (Å²) in [5.74, 6) is -0.952. The van der Waals surface area contributed by atoms with Gasteiger partial charge in [0.05, 0.1) is 11.9 Å². The molecular weight excluding hydrogens is 369 g/mol. The summed E-state index contributed by atoms with van der Waals surface area (Å²) in [6.07, 6.45) is 0.631. The Labute approximate surface area is 153 Å². The van der Waals surface area contributed by atoms with Gasteiger partial charge in [-0.25, -0.2) is 18.6 Å². The highest BCUT2D eigenvalue weighted by molar-refractivity contribution is 7.17. The fourth-order valence-corrected chi connectivity index (χ4v) is 2.93. The summed E-state index contributed by atoms with van der Waals surface area (Å²) < 4.78 is 19.2. The predicted molar refractivity (Wildman–Crippen MR) is 95.8 cm³/mol. The molecule has 0 aliphatic carbocycles. The van der Waals surface area contributed by atoms with Gasteiger partial charge in [0.1, 0.15) is 16.3 Å². The predicted octanol–water partition coefficient (Wildman–Crippen LogP) is 4.74. The molecule has 0 bridgehead atoms. The van der Waals surface area contributed by atoms with Crippen molar-refractivity contribution in [1.82, 2.24) is 4.98 Å². The van der Waals surface area contributed by atoms with E-state index in [4.69, 9.17) is 16.5 Å². The van der Waals surface area contributed by atoms with Gasteiger partial charge in [-0.15, -0.1) is 0 Å². The van der Waals surface area contributed by atoms with Gasteiger partial charge in [0.25, 0.3) is 5.91 Å². The van der Waals surface area contributed by atoms with E-state index in [9.17, 15) is 14.0 Å². The van der Waals surface area contributed by atoms with Crippen LogP contribution in [0.25, 0.3) is 0 Å². The molecular formula is C16H17ClFN3O3S. The molecule has 2 aromatic rings. The summed E-state index contributed by atoms with van der Waals surface area (Å²) in [5, 5.41) is 2.66. The van der Waals surface area contributed by atoms with Crippen molar-refractivity contribution >= 4 is 45.9 Å². The van der Waals surface area contributed by atoms with E-state index in [1.54, 1.807) is 27.7 Å². The van der Waals surface area contributed by atoms with Gasteiger partial charge in [0, 0.05) is 11.8 Å². The lowest BCUT2D eigenvalue weighted by atomic mass is 10.2. The zero-order valence-electron chi connectivity index (χ0n) is 14.1. The average Bonchev–Trinajstić information content (AvgIpc) is 2.92. The molecule has 134 valence electrons. The number of anilines is 2. The van der Waals surface area contributed by atoms with Crippen molar-refractivity contribution in [3.63, 3.8) is 0 Å². The first-order valence-corrected chi connectivity index (χ1v) is 8.44. The number of benzene rings is 1. The molecule has 1 aromatic carbocycles. The van der Waals surface area contributed by atoms with Crippen molar-refractivity contribution in [3.8, 4) is 0 Å². The SMILES string of the molecule is Cc1cc(F)ccc1N(Cl)C(=O)c1cnc(NC(=O)OC(C)(C)C)s1. The molecule has 1 N–H and O–H groups in total. The first kappa shape index (κ1) is 19.1. The molecule has 0 atom stereocenters. The number of rotatable bonds is 3. The first-order valence-electron chi connectivity index (χ1n) is 7.29. The highest BCUT2D eigenvalue weighted by Gasteiger charge is 2.22. The summed E-state index contributed by atoms with van der Waals surface area (Å²) in [6, 6.07) is 3.91. The molecule has 1 aromatic heterocycles. The maximum atomic E-state index is 13.2. The van der Waals surface area contributed by atoms with Gasteiger partial charge < -0.3 is 4.74 Å². The number of halogens is 2. The summed E-state index contributed by atoms with van der Waals surface area (Å²) in [7, 11) is 0. The van der Waals surface area contributed by atoms with Crippen LogP contribution in [0, 0.1) is 12.7 Å². The lowest BCUT2D eigenvalue weighted by Crippen LogP contribution is -2.27. The Hall–Kier alpha value is -2.19. The van der Waals surface area contributed by atoms with Gasteiger partial charge in [-0.05, 0) is 51.5 Å². The number of ether oxygens (including phenoxy) is 1. The zero-order valence-corrected chi connectivity index (χ0v) is 15.7. The molecule has 0 saturated heterocycles. The number of aromatic nitrogens is 1. The fraction of sp³-hybridized carbons (Fsp3) is 0.312. The van der Waals surface area contributed by atoms with Crippen LogP contribution < -0.4 is 9.74 Å². The van der Waals surface area contributed by atoms with E-state index in [1.165, 1.54) is 24.4 Å². The molecule has 2 rings (SSSR count). The Morgan fingerprint density at radius 1 is 1.36 bits per heavy atom. The van der Waals surface area contributed by atoms with Crippen LogP contribution in [-0.2, 0) is 4.74 Å². The number of nitrogens with zero attached hydrogens (tertiary/aromatic N) is 2. The Morgan fingerprint density at radius 2 is 2.04 bits per heavy atom. The van der Waals surface area contributed by atoms with Crippen molar-refractivity contribution in [2.24, 2.45) is 0 Å². The number of hydrogen-bond donors (Lipinski definition) is 1. The van der Waals surface area contributed by atoms with E-state index in [1.807, 2.05) is 0 Å². The Balaban J connectivity index is 2.10. The van der Waals surface area contributed by atoms with Crippen LogP contribution in [0.1, 0.15) is 36.0 Å². The Kier molecular flexibility index (Phi) is 5.64. The van der Waals surface area contributed by atoms with Gasteiger partial charge in [-0.1, -0.05) is 11.3 Å². The van der Waals surface area contributed by atoms with Crippen LogP contribution in [0.3, 0.4) is 0 Å². The summed E-state index contributed by atoms with van der Waals surface area (Å²) in [6.45, 7) is 6.85. The average molecular weight is 386 g/mol. The Morgan fingerprint density at radius 3 is 2.64 bits per heavy atom. The number of nitrogens with one attached hydrogen (secondary N) is 1. The minimum absolute atomic E-state index is 0.207. The smallest absolute Gasteiger partial charge is 0.413 e. The molecule has 2 amide bonds. The maximum Gasteiger partial charge on any atom is 0.413 e. The van der Waals surface area contributed by atoms with Crippen molar-refractivity contribution in [2.75, 3.05) is 9.74 Å². The third kappa shape index (κ3) is 5.14. The lowest BCUT2D eigenvalue weighted by molar-refractivity contribution is 0.0635. The van der Waals surface area contributed by atoms with Crippen molar-refractivity contribution in [3.05, 3.63) is 40.7 Å². The largest absolute Gasteiger partial charge is 0.444 e. The van der Waals surface area contributed by atoms with E-state index >= 15 is 0 Å². The van der Waals surface area contributed by atoms with Crippen LogP contribution in [0.5, 0.6) is 0 Å². The number of amides is 2. The van der Waals surface area contributed by atoms with Crippen molar-refractivity contribution in [1.29, 1.82) is 0 Å². The van der Waals surface area contributed by atoms with Gasteiger partial charge in [-0.2, -0.15) is 0 Å². The van der Waals surface area contributed by atoms with E-state index in [0.717, 1.165) is 15.8 Å². The summed E-state index contributed by atoms with van der Waals surface area (Å²) >= 11 is 7.03. The Bertz CT molecular complexity index is 804. The quantitative estimate of drug-likeness (QED) is 0.774. The molecule has 0 spiro atoms. The van der Waals surface area contributed by atoms with Gasteiger partial charge in [0.15, 0.2) is 5.13 Å². The molecule has 0 unspecified atom stereocenters. The maximum absolute atomic E-state index is 13.2. The topological polar surface area (TPSA) is 71.5 Å². The normalized spacial score (nSPS) is 11.1. The summed E-state index contributed by atoms with van der Waals surface area (Å²) in [5.41, 5.74) is 0.232. The monoisotopic (exact) mass is 385 g/mol. The van der Waals surface area contributed by atoms with Crippen LogP contribution in [0.2, 0.25) is 0 Å². The van der Waals surface area contributed by atoms with E-state index in [2.05, 4.69) is 10.3 Å². The number of hydrogen-bond acceptors (Lipinski definition) is 5. The number of carbonyl (C=O) groups is 2. The molecule has 0 fully saturated rings. The lowest BCUT2D eigenvalue weighted by Gasteiger charge is -2.18. The molecule has 0 radical (unpaired) electrons. The molecule has 0 aliphatic heterocycles. The van der Waals surface area contributed by atoms with Gasteiger partial charge >= 0.3 is 6.09 Å². The molecule has 9 heteroatoms. The standard InChI is InChI=1S/C16H17ClFN3O3S/c1-9-7-10(18)5-6-11(9)21(17)13(22)12-8-19-14(25-12)20-15(23)24-16(2,3)4/h5-8H,1-4H3,(H,19,20,23). The second-order valence-electron chi connectivity index (χ2n) is 6.17. The van der Waals surface area contributed by atoms with E-state index < -0.39 is 23.4 Å². The molecule has 6 nitrogen and oxygen atoms in total. The van der Waals surface area contributed by atoms with Gasteiger partial charge in [-0.3, -0.25) is 10.1 Å². The zero-order chi connectivity index (χ0) is 18.8. The third-order valence-corrected chi connectivity index (χ3v) is 4.11. The molecule has 0 saturated carbocycles. The molecule has 0 aliphatic rings. The second kappa shape index (κ2) is 7.37. The van der Waals surface area contributed by atoms with Crippen molar-refractivity contribution < 1.29 is 18.7 Å². The number of thiazole rings is 1. The van der Waals surface area contributed by atoms with Crippen LogP contribution in [-0.4, -0.2) is 22.6 Å². The van der Waals surface area contributed by atoms with Crippen LogP contribution in [0.15, 0.2) is 24.4 Å². The minimum Gasteiger partial charge on any atom is -0.444 e. The first-order chi connectivity index (χ1) is 11.6. The molecule has 25 heavy (non-hydrogen) atoms. The van der Waals surface area contributed by atoms with E-state index in [-0.39, 0.29) is 10.0 Å². The third-order valence-electron chi connectivity index (χ3n) is 2.87. The molecule has 1 heterocycles. The summed E-state index contributed by atoms with van der Waals surface area (Å²) in [4.78, 5) is 28.3. The van der Waals surface area contributed by atoms with E-state index in [0.29, 0.717) is 11.3 Å². The van der Waals surface area contributed by atoms with Crippen LogP contribution in [0.4, 0.5) is 20.0 Å². The fourth-order valence-electron chi connectivity index (χ4n) is 1.87. The number of carbonyl (C=O) groups excluding carboxylic acids is 2. The van der Waals surface area contributed by atoms with Crippen LogP contribution >= 0.6 is 23.1 Å². The highest BCUT2D eigenvalue weighted by Crippen LogP contribution is 2.27. The number of aryl methyl sites for hydroxylation is 1. The highest BCUT2D eigenvalue weighted by atomic mass is 35.5. The van der Waals surface area contributed by atoms with Gasteiger partial charge in [0.2, 0.25) is 0 Å². The minimum atomic E-state index is -0.669. The van der Waals surface area contributed by atoms with Crippen molar-refractivity contribution in [2.45, 2.75) is 33.3 Å². The second-order valence-corrected chi connectivity index (χ2v) is 7.54.